The lowest BCUT2D eigenvalue weighted by Gasteiger charge is -2.09. The average molecular weight is 412 g/mol. The van der Waals surface area contributed by atoms with Gasteiger partial charge in [0, 0.05) is 42.7 Å². The number of aryl methyl sites for hydroxylation is 3. The number of carbonyl (C=O) groups excluding carboxylic acids is 1. The van der Waals surface area contributed by atoms with E-state index < -0.39 is 0 Å². The summed E-state index contributed by atoms with van der Waals surface area (Å²) < 4.78 is 7.99. The third kappa shape index (κ3) is 3.77. The first-order valence-electron chi connectivity index (χ1n) is 10.5. The molecule has 1 N–H and O–H groups in total. The number of hydrogen-bond donors (Lipinski definition) is 1. The minimum absolute atomic E-state index is 0.212. The molecular weight excluding hydrogens is 388 g/mol. The Balaban J connectivity index is 1.39. The van der Waals surface area contributed by atoms with Crippen LogP contribution in [0.1, 0.15) is 44.1 Å². The Labute approximate surface area is 180 Å². The predicted octanol–water partition coefficient (Wildman–Crippen LogP) is 4.23. The number of furan rings is 1. The lowest BCUT2D eigenvalue weighted by atomic mass is 9.93. The van der Waals surface area contributed by atoms with E-state index in [4.69, 9.17) is 9.52 Å². The number of pyridine rings is 1. The van der Waals surface area contributed by atoms with Crippen LogP contribution in [0.3, 0.4) is 0 Å². The van der Waals surface area contributed by atoms with Crippen LogP contribution < -0.4 is 5.32 Å². The molecule has 4 aromatic rings. The first-order chi connectivity index (χ1) is 15.1. The third-order valence-electron chi connectivity index (χ3n) is 5.76. The molecule has 6 nitrogen and oxygen atoms in total. The van der Waals surface area contributed by atoms with Crippen molar-refractivity contribution in [1.29, 1.82) is 0 Å². The van der Waals surface area contributed by atoms with Gasteiger partial charge >= 0.3 is 0 Å². The minimum Gasteiger partial charge on any atom is -0.455 e. The second-order valence-corrected chi connectivity index (χ2v) is 8.08. The van der Waals surface area contributed by atoms with Gasteiger partial charge in [0.25, 0.3) is 5.91 Å². The fourth-order valence-corrected chi connectivity index (χ4v) is 4.11. The summed E-state index contributed by atoms with van der Waals surface area (Å²) in [5.74, 6) is 1.00. The number of hydrogen-bond acceptors (Lipinski definition) is 4. The van der Waals surface area contributed by atoms with E-state index in [1.165, 1.54) is 16.7 Å². The summed E-state index contributed by atoms with van der Waals surface area (Å²) in [4.78, 5) is 16.9. The zero-order valence-electron chi connectivity index (χ0n) is 17.7. The van der Waals surface area contributed by atoms with Crippen LogP contribution in [0.2, 0.25) is 0 Å². The molecule has 1 aliphatic carbocycles. The first-order valence-corrected chi connectivity index (χ1v) is 10.5. The molecule has 0 unspecified atom stereocenters. The van der Waals surface area contributed by atoms with Crippen LogP contribution in [0.25, 0.3) is 11.3 Å². The highest BCUT2D eigenvalue weighted by atomic mass is 16.4. The van der Waals surface area contributed by atoms with Gasteiger partial charge in [0.15, 0.2) is 5.76 Å². The van der Waals surface area contributed by atoms with Crippen LogP contribution in [0.4, 0.5) is 0 Å². The summed E-state index contributed by atoms with van der Waals surface area (Å²) in [6.45, 7) is 5.16. The summed E-state index contributed by atoms with van der Waals surface area (Å²) in [5, 5.41) is 7.79. The van der Waals surface area contributed by atoms with E-state index in [2.05, 4.69) is 47.7 Å². The minimum atomic E-state index is -0.212. The van der Waals surface area contributed by atoms with Crippen LogP contribution in [-0.4, -0.2) is 20.7 Å². The molecule has 0 saturated heterocycles. The van der Waals surface area contributed by atoms with Crippen LogP contribution in [0.5, 0.6) is 0 Å². The summed E-state index contributed by atoms with van der Waals surface area (Å²) >= 11 is 0. The lowest BCUT2D eigenvalue weighted by Crippen LogP contribution is -2.23. The van der Waals surface area contributed by atoms with Gasteiger partial charge in [0.2, 0.25) is 0 Å². The number of rotatable bonds is 5. The van der Waals surface area contributed by atoms with E-state index in [9.17, 15) is 4.79 Å². The molecule has 5 rings (SSSR count). The standard InChI is InChI=1S/C25H24N4O2/c1-16-5-7-18(8-6-16)14-29-15-20-9-10-21-22(23(20)28-29)17(2)24(31-21)25(30)27-13-19-4-3-11-26-12-19/h3-8,11-12,15H,9-10,13-14H2,1-2H3,(H,27,30). The molecule has 1 aromatic carbocycles. The maximum atomic E-state index is 12.8. The smallest absolute Gasteiger partial charge is 0.287 e. The Morgan fingerprint density at radius 2 is 1.97 bits per heavy atom. The molecule has 0 fully saturated rings. The Hall–Kier alpha value is -3.67. The summed E-state index contributed by atoms with van der Waals surface area (Å²) in [7, 11) is 0. The number of aromatic nitrogens is 3. The lowest BCUT2D eigenvalue weighted by molar-refractivity contribution is 0.0920. The van der Waals surface area contributed by atoms with Gasteiger partial charge in [-0.3, -0.25) is 14.5 Å². The number of nitrogens with zero attached hydrogens (tertiary/aromatic N) is 3. The van der Waals surface area contributed by atoms with Gasteiger partial charge in [-0.25, -0.2) is 0 Å². The Morgan fingerprint density at radius 1 is 1.13 bits per heavy atom. The van der Waals surface area contributed by atoms with E-state index in [0.29, 0.717) is 12.3 Å². The largest absolute Gasteiger partial charge is 0.455 e. The highest BCUT2D eigenvalue weighted by molar-refractivity contribution is 5.95. The second-order valence-electron chi connectivity index (χ2n) is 8.08. The fourth-order valence-electron chi connectivity index (χ4n) is 4.11. The molecule has 3 heterocycles. The topological polar surface area (TPSA) is 73.0 Å². The van der Waals surface area contributed by atoms with Crippen molar-refractivity contribution >= 4 is 5.91 Å². The Morgan fingerprint density at radius 3 is 2.74 bits per heavy atom. The van der Waals surface area contributed by atoms with Crippen LogP contribution in [0.15, 0.2) is 59.4 Å². The van der Waals surface area contributed by atoms with E-state index in [1.807, 2.05) is 23.7 Å². The van der Waals surface area contributed by atoms with Crippen molar-refractivity contribution in [2.45, 2.75) is 39.8 Å². The molecule has 1 aliphatic rings. The van der Waals surface area contributed by atoms with Crippen molar-refractivity contribution in [3.63, 3.8) is 0 Å². The van der Waals surface area contributed by atoms with Gasteiger partial charge in [0.05, 0.1) is 12.2 Å². The Bertz CT molecular complexity index is 1240. The van der Waals surface area contributed by atoms with Crippen LogP contribution in [0, 0.1) is 13.8 Å². The molecule has 0 bridgehead atoms. The van der Waals surface area contributed by atoms with Crippen molar-refractivity contribution in [3.8, 4) is 11.3 Å². The molecule has 6 heteroatoms. The van der Waals surface area contributed by atoms with Gasteiger partial charge in [-0.05, 0) is 43.0 Å². The first kappa shape index (κ1) is 19.3. The molecule has 31 heavy (non-hydrogen) atoms. The predicted molar refractivity (Wildman–Crippen MR) is 118 cm³/mol. The van der Waals surface area contributed by atoms with Crippen molar-refractivity contribution in [3.05, 3.63) is 94.3 Å². The van der Waals surface area contributed by atoms with Crippen LogP contribution in [-0.2, 0) is 25.9 Å². The number of amides is 1. The van der Waals surface area contributed by atoms with Gasteiger partial charge in [-0.15, -0.1) is 0 Å². The fraction of sp³-hybridized carbons (Fsp3) is 0.240. The van der Waals surface area contributed by atoms with E-state index >= 15 is 0 Å². The summed E-state index contributed by atoms with van der Waals surface area (Å²) in [5.41, 5.74) is 7.35. The van der Waals surface area contributed by atoms with E-state index in [-0.39, 0.29) is 5.91 Å². The van der Waals surface area contributed by atoms with Gasteiger partial charge in [-0.1, -0.05) is 35.9 Å². The monoisotopic (exact) mass is 412 g/mol. The van der Waals surface area contributed by atoms with E-state index in [1.54, 1.807) is 12.4 Å². The molecule has 3 aromatic heterocycles. The molecule has 0 radical (unpaired) electrons. The normalized spacial score (nSPS) is 12.3. The summed E-state index contributed by atoms with van der Waals surface area (Å²) in [6, 6.07) is 12.3. The molecule has 1 amide bonds. The maximum Gasteiger partial charge on any atom is 0.287 e. The third-order valence-corrected chi connectivity index (χ3v) is 5.76. The number of carbonyl (C=O) groups is 1. The van der Waals surface area contributed by atoms with Gasteiger partial charge in [-0.2, -0.15) is 5.10 Å². The maximum absolute atomic E-state index is 12.8. The number of benzene rings is 1. The molecular formula is C25H24N4O2. The van der Waals surface area contributed by atoms with Crippen molar-refractivity contribution in [1.82, 2.24) is 20.1 Å². The van der Waals surface area contributed by atoms with Crippen molar-refractivity contribution in [2.24, 2.45) is 0 Å². The zero-order chi connectivity index (χ0) is 21.4. The molecule has 0 saturated carbocycles. The number of nitrogens with one attached hydrogen (secondary N) is 1. The zero-order valence-corrected chi connectivity index (χ0v) is 17.7. The van der Waals surface area contributed by atoms with Gasteiger partial charge < -0.3 is 9.73 Å². The van der Waals surface area contributed by atoms with E-state index in [0.717, 1.165) is 47.5 Å². The Kier molecular flexibility index (Phi) is 4.90. The highest BCUT2D eigenvalue weighted by Crippen LogP contribution is 2.38. The van der Waals surface area contributed by atoms with Gasteiger partial charge in [0.1, 0.15) is 5.76 Å². The SMILES string of the molecule is Cc1ccc(Cn2cc3c(n2)-c2c(oc(C(=O)NCc4cccnc4)c2C)CC3)cc1. The highest BCUT2D eigenvalue weighted by Gasteiger charge is 2.29. The molecule has 0 aliphatic heterocycles. The molecule has 156 valence electrons. The average Bonchev–Trinajstić information content (AvgIpc) is 3.34. The van der Waals surface area contributed by atoms with Crippen molar-refractivity contribution in [2.75, 3.05) is 0 Å². The number of fused-ring (bicyclic) bond motifs is 3. The molecule has 0 spiro atoms. The quantitative estimate of drug-likeness (QED) is 0.532. The molecule has 0 atom stereocenters. The summed E-state index contributed by atoms with van der Waals surface area (Å²) in [6.07, 6.45) is 7.21. The van der Waals surface area contributed by atoms with Crippen LogP contribution >= 0.6 is 0 Å². The second kappa shape index (κ2) is 7.87. The van der Waals surface area contributed by atoms with Crippen molar-refractivity contribution < 1.29 is 9.21 Å².